The summed E-state index contributed by atoms with van der Waals surface area (Å²) in [4.78, 5) is 68.5. The van der Waals surface area contributed by atoms with Crippen molar-refractivity contribution in [3.05, 3.63) is 108 Å². The topological polar surface area (TPSA) is 223 Å². The minimum atomic E-state index is -1.43. The van der Waals surface area contributed by atoms with Crippen molar-refractivity contribution in [1.29, 1.82) is 0 Å². The van der Waals surface area contributed by atoms with Crippen molar-refractivity contribution >= 4 is 29.6 Å². The number of piperidine rings is 1. The molecule has 286 valence electrons. The Morgan fingerprint density at radius 2 is 1.24 bits per heavy atom. The van der Waals surface area contributed by atoms with Gasteiger partial charge in [0.15, 0.2) is 0 Å². The van der Waals surface area contributed by atoms with Gasteiger partial charge >= 0.3 is 5.97 Å². The van der Waals surface area contributed by atoms with Gasteiger partial charge in [-0.05, 0) is 68.3 Å². The number of carboxylic acids is 1. The van der Waals surface area contributed by atoms with Crippen molar-refractivity contribution in [2.45, 2.75) is 81.1 Å². The summed E-state index contributed by atoms with van der Waals surface area (Å²) in [6.07, 6.45) is 1.82. The van der Waals surface area contributed by atoms with Gasteiger partial charge in [0.25, 0.3) is 0 Å². The molecule has 4 atom stereocenters. The highest BCUT2D eigenvalue weighted by Gasteiger charge is 2.40. The lowest BCUT2D eigenvalue weighted by atomic mass is 9.88. The van der Waals surface area contributed by atoms with Crippen LogP contribution in [0.15, 0.2) is 91.0 Å². The number of unbranched alkanes of at least 4 members (excludes halogenated alkanes) is 1. The van der Waals surface area contributed by atoms with Crippen LogP contribution >= 0.6 is 0 Å². The van der Waals surface area contributed by atoms with E-state index in [0.29, 0.717) is 24.9 Å². The van der Waals surface area contributed by atoms with Crippen molar-refractivity contribution in [2.75, 3.05) is 19.6 Å². The molecule has 4 rings (SSSR count). The third kappa shape index (κ3) is 12.5. The molecule has 1 saturated heterocycles. The summed E-state index contributed by atoms with van der Waals surface area (Å²) in [6, 6.07) is 23.4. The number of hydrogen-bond donors (Lipinski definition) is 7. The Hall–Kier alpha value is -5.55. The van der Waals surface area contributed by atoms with E-state index in [1.54, 1.807) is 0 Å². The number of carbonyl (C=O) groups excluding carboxylic acids is 4. The van der Waals surface area contributed by atoms with Gasteiger partial charge in [-0.1, -0.05) is 90.7 Å². The number of likely N-dealkylation sites (tertiary alicyclic amines) is 1. The SMILES string of the molecule is NCCCC[C@@H](NC(=O)[C@@H](CC#Cc1ccccc1)NC(=O)[C@@H](Cc1ccccc1)NC(=O)[C@H](N)Cc1ccccc1)C(=O)N1CCC(N)(C(=O)O)CC1. The third-order valence-corrected chi connectivity index (χ3v) is 9.45. The van der Waals surface area contributed by atoms with E-state index in [1.807, 2.05) is 91.0 Å². The fourth-order valence-corrected chi connectivity index (χ4v) is 6.14. The van der Waals surface area contributed by atoms with Crippen molar-refractivity contribution in [3.8, 4) is 11.8 Å². The molecule has 1 aliphatic rings. The van der Waals surface area contributed by atoms with E-state index in [0.717, 1.165) is 11.1 Å². The number of benzene rings is 3. The molecule has 13 nitrogen and oxygen atoms in total. The Morgan fingerprint density at radius 1 is 0.722 bits per heavy atom. The predicted octanol–water partition coefficient (Wildman–Crippen LogP) is 1.23. The number of rotatable bonds is 17. The molecular weight excluding hydrogens is 686 g/mol. The number of aliphatic carboxylic acids is 1. The Bertz CT molecular complexity index is 1760. The summed E-state index contributed by atoms with van der Waals surface area (Å²) in [5.74, 6) is 2.69. The van der Waals surface area contributed by atoms with E-state index < -0.39 is 53.4 Å². The van der Waals surface area contributed by atoms with Gasteiger partial charge in [-0.3, -0.25) is 24.0 Å². The number of nitrogens with two attached hydrogens (primary N) is 3. The lowest BCUT2D eigenvalue weighted by Crippen LogP contribution is -2.60. The van der Waals surface area contributed by atoms with Crippen LogP contribution in [0.25, 0.3) is 0 Å². The van der Waals surface area contributed by atoms with Crippen LogP contribution in [0.5, 0.6) is 0 Å². The first kappa shape index (κ1) is 41.2. The monoisotopic (exact) mass is 737 g/mol. The van der Waals surface area contributed by atoms with Crippen LogP contribution in [0.2, 0.25) is 0 Å². The number of carbonyl (C=O) groups is 5. The maximum Gasteiger partial charge on any atom is 0.323 e. The second-order valence-electron chi connectivity index (χ2n) is 13.6. The zero-order valence-corrected chi connectivity index (χ0v) is 30.4. The Morgan fingerprint density at radius 3 is 1.81 bits per heavy atom. The van der Waals surface area contributed by atoms with Crippen LogP contribution in [0.1, 0.15) is 55.2 Å². The van der Waals surface area contributed by atoms with Gasteiger partial charge in [0.05, 0.1) is 6.04 Å². The number of nitrogens with one attached hydrogen (secondary N) is 3. The lowest BCUT2D eigenvalue weighted by Gasteiger charge is -2.38. The quantitative estimate of drug-likeness (QED) is 0.0781. The van der Waals surface area contributed by atoms with Crippen LogP contribution in [-0.2, 0) is 36.8 Å². The highest BCUT2D eigenvalue weighted by Crippen LogP contribution is 2.21. The number of carboxylic acid groups (broad SMARTS) is 1. The summed E-state index contributed by atoms with van der Waals surface area (Å²) >= 11 is 0. The standard InChI is InChI=1S/C41H51N7O6/c42-24-11-10-20-34(39(52)48-25-22-41(44,23-26-48)40(53)54)46-37(50)33(21-12-19-29-13-4-1-5-14-29)45-38(51)35(28-31-17-8-3-9-18-31)47-36(49)32(43)27-30-15-6-2-7-16-30/h1-9,13-18,32-35H,10-11,20-28,42-44H2,(H,45,51)(H,46,50)(H,47,49)(H,53,54)/t32-,33-,34-,35-/m1/s1. The van der Waals surface area contributed by atoms with Gasteiger partial charge in [0.1, 0.15) is 23.7 Å². The van der Waals surface area contributed by atoms with Gasteiger partial charge < -0.3 is 43.2 Å². The average Bonchev–Trinajstić information content (AvgIpc) is 3.18. The molecule has 0 aromatic heterocycles. The fraction of sp³-hybridized carbons (Fsp3) is 0.390. The summed E-state index contributed by atoms with van der Waals surface area (Å²) in [5.41, 5.74) is 19.0. The molecule has 0 unspecified atom stereocenters. The molecule has 1 heterocycles. The maximum atomic E-state index is 14.1. The zero-order valence-electron chi connectivity index (χ0n) is 30.4. The molecule has 10 N–H and O–H groups in total. The molecular formula is C41H51N7O6. The Balaban J connectivity index is 1.56. The van der Waals surface area contributed by atoms with Gasteiger partial charge in [-0.15, -0.1) is 0 Å². The molecule has 13 heteroatoms. The van der Waals surface area contributed by atoms with Crippen LogP contribution in [-0.4, -0.2) is 88.9 Å². The predicted molar refractivity (Wildman–Crippen MR) is 205 cm³/mol. The minimum Gasteiger partial charge on any atom is -0.480 e. The summed E-state index contributed by atoms with van der Waals surface area (Å²) in [6.45, 7) is 0.617. The molecule has 0 spiro atoms. The van der Waals surface area contributed by atoms with E-state index >= 15 is 0 Å². The number of hydrogen-bond acceptors (Lipinski definition) is 8. The van der Waals surface area contributed by atoms with E-state index in [2.05, 4.69) is 27.8 Å². The van der Waals surface area contributed by atoms with Crippen molar-refractivity contribution in [3.63, 3.8) is 0 Å². The molecule has 3 aromatic carbocycles. The van der Waals surface area contributed by atoms with E-state index in [-0.39, 0.29) is 57.5 Å². The van der Waals surface area contributed by atoms with E-state index in [4.69, 9.17) is 17.2 Å². The first-order chi connectivity index (χ1) is 26.0. The van der Waals surface area contributed by atoms with Gasteiger partial charge in [0.2, 0.25) is 23.6 Å². The number of amides is 4. The molecule has 54 heavy (non-hydrogen) atoms. The zero-order chi connectivity index (χ0) is 38.9. The molecule has 4 amide bonds. The summed E-state index contributed by atoms with van der Waals surface area (Å²) in [7, 11) is 0. The van der Waals surface area contributed by atoms with Gasteiger partial charge in [0, 0.05) is 31.5 Å². The first-order valence-corrected chi connectivity index (χ1v) is 18.3. The van der Waals surface area contributed by atoms with Crippen LogP contribution < -0.4 is 33.2 Å². The third-order valence-electron chi connectivity index (χ3n) is 9.45. The Labute approximate surface area is 316 Å². The number of nitrogens with zero attached hydrogens (tertiary/aromatic N) is 1. The van der Waals surface area contributed by atoms with E-state index in [1.165, 1.54) is 4.90 Å². The highest BCUT2D eigenvalue weighted by atomic mass is 16.4. The molecule has 3 aromatic rings. The van der Waals surface area contributed by atoms with Crippen LogP contribution in [0.4, 0.5) is 0 Å². The smallest absolute Gasteiger partial charge is 0.323 e. The van der Waals surface area contributed by atoms with Crippen molar-refractivity contribution in [2.24, 2.45) is 17.2 Å². The lowest BCUT2D eigenvalue weighted by molar-refractivity contribution is -0.148. The molecule has 0 saturated carbocycles. The van der Waals surface area contributed by atoms with Crippen LogP contribution in [0.3, 0.4) is 0 Å². The molecule has 0 radical (unpaired) electrons. The van der Waals surface area contributed by atoms with Crippen molar-refractivity contribution < 1.29 is 29.1 Å². The molecule has 0 aliphatic carbocycles. The first-order valence-electron chi connectivity index (χ1n) is 18.3. The van der Waals surface area contributed by atoms with E-state index in [9.17, 15) is 29.1 Å². The normalized spacial score (nSPS) is 15.6. The van der Waals surface area contributed by atoms with Crippen LogP contribution in [0, 0.1) is 11.8 Å². The van der Waals surface area contributed by atoms with Gasteiger partial charge in [-0.25, -0.2) is 0 Å². The second kappa shape index (κ2) is 20.6. The molecule has 1 fully saturated rings. The average molecular weight is 738 g/mol. The molecule has 1 aliphatic heterocycles. The second-order valence-corrected chi connectivity index (χ2v) is 13.6. The summed E-state index contributed by atoms with van der Waals surface area (Å²) < 4.78 is 0. The summed E-state index contributed by atoms with van der Waals surface area (Å²) in [5, 5.41) is 18.0. The van der Waals surface area contributed by atoms with Crippen molar-refractivity contribution in [1.82, 2.24) is 20.9 Å². The fourth-order valence-electron chi connectivity index (χ4n) is 6.14. The Kier molecular flexibility index (Phi) is 15.7. The largest absolute Gasteiger partial charge is 0.480 e. The van der Waals surface area contributed by atoms with Gasteiger partial charge in [-0.2, -0.15) is 0 Å². The highest BCUT2D eigenvalue weighted by molar-refractivity contribution is 5.95. The maximum absolute atomic E-state index is 14.1. The minimum absolute atomic E-state index is 0.0643. The molecule has 0 bridgehead atoms.